The number of nitrogens with one attached hydrogen (secondary N) is 1. The Morgan fingerprint density at radius 1 is 1.33 bits per heavy atom. The quantitative estimate of drug-likeness (QED) is 0.775. The average Bonchev–Trinajstić information content (AvgIpc) is 2.28. The fraction of sp³-hybridized carbons (Fsp3) is 0.727. The van der Waals surface area contributed by atoms with Crippen LogP contribution in [-0.4, -0.2) is 40.8 Å². The first kappa shape index (κ1) is 12.8. The summed E-state index contributed by atoms with van der Waals surface area (Å²) in [6, 6.07) is 0.243. The number of nitrogens with two attached hydrogens (primary N) is 1. The molecular formula is C11H19N5O2. The van der Waals surface area contributed by atoms with Crippen LogP contribution in [0.25, 0.3) is 0 Å². The molecule has 7 nitrogen and oxygen atoms in total. The zero-order valence-electron chi connectivity index (χ0n) is 10.8. The van der Waals surface area contributed by atoms with E-state index in [0.29, 0.717) is 19.1 Å². The van der Waals surface area contributed by atoms with E-state index in [-0.39, 0.29) is 17.6 Å². The van der Waals surface area contributed by atoms with Gasteiger partial charge in [0.05, 0.1) is 12.2 Å². The highest BCUT2D eigenvalue weighted by Crippen LogP contribution is 2.34. The molecule has 0 aliphatic heterocycles. The number of rotatable bonds is 6. The van der Waals surface area contributed by atoms with Gasteiger partial charge >= 0.3 is 6.01 Å². The van der Waals surface area contributed by atoms with E-state index in [9.17, 15) is 0 Å². The van der Waals surface area contributed by atoms with Crippen LogP contribution in [0.4, 0.5) is 11.9 Å². The second-order valence-corrected chi connectivity index (χ2v) is 4.33. The summed E-state index contributed by atoms with van der Waals surface area (Å²) in [5.74, 6) is 0.574. The summed E-state index contributed by atoms with van der Waals surface area (Å²) in [4.78, 5) is 12.0. The SMILES string of the molecule is CCOc1nc(N)nc(NCC2(OC)CCC2)n1. The molecule has 1 aliphatic carbocycles. The number of ether oxygens (including phenoxy) is 2. The Balaban J connectivity index is 2.00. The van der Waals surface area contributed by atoms with Crippen molar-refractivity contribution in [2.24, 2.45) is 0 Å². The van der Waals surface area contributed by atoms with E-state index in [1.165, 1.54) is 6.42 Å². The Morgan fingerprint density at radius 3 is 2.67 bits per heavy atom. The first-order valence-electron chi connectivity index (χ1n) is 6.11. The van der Waals surface area contributed by atoms with Crippen molar-refractivity contribution in [1.82, 2.24) is 15.0 Å². The molecule has 1 aromatic rings. The van der Waals surface area contributed by atoms with Crippen molar-refractivity contribution in [2.45, 2.75) is 31.8 Å². The maximum Gasteiger partial charge on any atom is 0.323 e. The standard InChI is InChI=1S/C11H19N5O2/c1-3-18-10-15-8(12)14-9(16-10)13-7-11(17-2)5-4-6-11/h3-7H2,1-2H3,(H3,12,13,14,15,16). The van der Waals surface area contributed by atoms with Crippen molar-refractivity contribution in [2.75, 3.05) is 31.3 Å². The molecule has 0 amide bonds. The number of hydrogen-bond donors (Lipinski definition) is 2. The third kappa shape index (κ3) is 2.79. The lowest BCUT2D eigenvalue weighted by molar-refractivity contribution is -0.0602. The smallest absolute Gasteiger partial charge is 0.323 e. The van der Waals surface area contributed by atoms with Crippen molar-refractivity contribution in [3.63, 3.8) is 0 Å². The Labute approximate surface area is 106 Å². The van der Waals surface area contributed by atoms with E-state index in [4.69, 9.17) is 15.2 Å². The molecule has 3 N–H and O–H groups in total. The molecule has 0 bridgehead atoms. The second-order valence-electron chi connectivity index (χ2n) is 4.33. The van der Waals surface area contributed by atoms with Crippen LogP contribution in [0.15, 0.2) is 0 Å². The molecule has 1 saturated carbocycles. The molecule has 0 aromatic carbocycles. The first-order valence-corrected chi connectivity index (χ1v) is 6.11. The molecule has 1 aromatic heterocycles. The van der Waals surface area contributed by atoms with Gasteiger partial charge in [0.25, 0.3) is 0 Å². The van der Waals surface area contributed by atoms with Gasteiger partial charge in [-0.1, -0.05) is 0 Å². The van der Waals surface area contributed by atoms with Gasteiger partial charge < -0.3 is 20.5 Å². The second kappa shape index (κ2) is 5.34. The minimum absolute atomic E-state index is 0.0901. The maximum absolute atomic E-state index is 5.59. The molecule has 1 heterocycles. The number of nitrogens with zero attached hydrogens (tertiary/aromatic N) is 3. The van der Waals surface area contributed by atoms with Crippen molar-refractivity contribution in [3.8, 4) is 6.01 Å². The largest absolute Gasteiger partial charge is 0.464 e. The topological polar surface area (TPSA) is 95.2 Å². The van der Waals surface area contributed by atoms with Crippen LogP contribution < -0.4 is 15.8 Å². The highest BCUT2D eigenvalue weighted by molar-refractivity contribution is 5.33. The molecule has 0 spiro atoms. The lowest BCUT2D eigenvalue weighted by atomic mass is 9.80. The zero-order valence-corrected chi connectivity index (χ0v) is 10.8. The minimum atomic E-state index is -0.0901. The van der Waals surface area contributed by atoms with Crippen molar-refractivity contribution in [1.29, 1.82) is 0 Å². The minimum Gasteiger partial charge on any atom is -0.464 e. The van der Waals surface area contributed by atoms with Crippen LogP contribution in [-0.2, 0) is 4.74 Å². The Kier molecular flexibility index (Phi) is 3.81. The number of nitrogen functional groups attached to an aromatic ring is 1. The van der Waals surface area contributed by atoms with E-state index in [2.05, 4.69) is 20.3 Å². The molecule has 0 radical (unpaired) electrons. The van der Waals surface area contributed by atoms with Crippen LogP contribution in [0.5, 0.6) is 6.01 Å². The summed E-state index contributed by atoms with van der Waals surface area (Å²) < 4.78 is 10.7. The molecule has 7 heteroatoms. The Morgan fingerprint density at radius 2 is 2.11 bits per heavy atom. The predicted octanol–water partition coefficient (Wildman–Crippen LogP) is 0.833. The van der Waals surface area contributed by atoms with Crippen molar-refractivity contribution < 1.29 is 9.47 Å². The molecule has 2 rings (SSSR count). The number of anilines is 2. The molecule has 1 aliphatic rings. The lowest BCUT2D eigenvalue weighted by Crippen LogP contribution is -2.45. The summed E-state index contributed by atoms with van der Waals surface area (Å²) in [5, 5.41) is 3.13. The molecule has 18 heavy (non-hydrogen) atoms. The zero-order chi connectivity index (χ0) is 13.0. The van der Waals surface area contributed by atoms with Crippen LogP contribution in [0.1, 0.15) is 26.2 Å². The van der Waals surface area contributed by atoms with Crippen LogP contribution in [0, 0.1) is 0 Å². The molecule has 0 unspecified atom stereocenters. The number of methoxy groups -OCH3 is 1. The van der Waals surface area contributed by atoms with Crippen LogP contribution in [0.3, 0.4) is 0 Å². The van der Waals surface area contributed by atoms with Gasteiger partial charge in [-0.15, -0.1) is 0 Å². The van der Waals surface area contributed by atoms with Crippen LogP contribution in [0.2, 0.25) is 0 Å². The van der Waals surface area contributed by atoms with E-state index in [1.54, 1.807) is 7.11 Å². The van der Waals surface area contributed by atoms with Gasteiger partial charge in [-0.25, -0.2) is 0 Å². The fourth-order valence-electron chi connectivity index (χ4n) is 1.91. The summed E-state index contributed by atoms with van der Waals surface area (Å²) in [6.07, 6.45) is 3.30. The van der Waals surface area contributed by atoms with Gasteiger partial charge in [-0.3, -0.25) is 0 Å². The summed E-state index contributed by atoms with van der Waals surface area (Å²) in [5.41, 5.74) is 5.50. The average molecular weight is 253 g/mol. The molecular weight excluding hydrogens is 234 g/mol. The summed E-state index contributed by atoms with van der Waals surface area (Å²) in [7, 11) is 1.73. The van der Waals surface area contributed by atoms with Crippen molar-refractivity contribution in [3.05, 3.63) is 0 Å². The maximum atomic E-state index is 5.59. The molecule has 100 valence electrons. The Hall–Kier alpha value is -1.63. The van der Waals surface area contributed by atoms with Crippen LogP contribution >= 0.6 is 0 Å². The number of hydrogen-bond acceptors (Lipinski definition) is 7. The highest BCUT2D eigenvalue weighted by Gasteiger charge is 2.36. The molecule has 1 fully saturated rings. The van der Waals surface area contributed by atoms with Crippen molar-refractivity contribution >= 4 is 11.9 Å². The number of aromatic nitrogens is 3. The van der Waals surface area contributed by atoms with Gasteiger partial charge in [0.15, 0.2) is 0 Å². The van der Waals surface area contributed by atoms with E-state index < -0.39 is 0 Å². The van der Waals surface area contributed by atoms with E-state index >= 15 is 0 Å². The highest BCUT2D eigenvalue weighted by atomic mass is 16.5. The lowest BCUT2D eigenvalue weighted by Gasteiger charge is -2.40. The normalized spacial score (nSPS) is 17.0. The van der Waals surface area contributed by atoms with E-state index in [1.807, 2.05) is 6.92 Å². The fourth-order valence-corrected chi connectivity index (χ4v) is 1.91. The Bertz CT molecular complexity index is 403. The summed E-state index contributed by atoms with van der Waals surface area (Å²) >= 11 is 0. The van der Waals surface area contributed by atoms with Gasteiger partial charge in [-0.05, 0) is 26.2 Å². The third-order valence-corrected chi connectivity index (χ3v) is 3.17. The van der Waals surface area contributed by atoms with Gasteiger partial charge in [-0.2, -0.15) is 15.0 Å². The molecule has 0 atom stereocenters. The third-order valence-electron chi connectivity index (χ3n) is 3.17. The van der Waals surface area contributed by atoms with Gasteiger partial charge in [0.2, 0.25) is 11.9 Å². The first-order chi connectivity index (χ1) is 8.67. The summed E-state index contributed by atoms with van der Waals surface area (Å²) in [6.45, 7) is 3.02. The van der Waals surface area contributed by atoms with Gasteiger partial charge in [0.1, 0.15) is 0 Å². The monoisotopic (exact) mass is 253 g/mol. The predicted molar refractivity (Wildman–Crippen MR) is 67.5 cm³/mol. The van der Waals surface area contributed by atoms with E-state index in [0.717, 1.165) is 12.8 Å². The van der Waals surface area contributed by atoms with Gasteiger partial charge in [0, 0.05) is 13.7 Å². The molecule has 0 saturated heterocycles.